The molecule has 0 amide bonds. The summed E-state index contributed by atoms with van der Waals surface area (Å²) < 4.78 is 17.9. The lowest BCUT2D eigenvalue weighted by Gasteiger charge is -2.27. The summed E-state index contributed by atoms with van der Waals surface area (Å²) in [5.41, 5.74) is 3.45. The quantitative estimate of drug-likeness (QED) is 0.706. The van der Waals surface area contributed by atoms with Gasteiger partial charge in [-0.15, -0.1) is 0 Å². The van der Waals surface area contributed by atoms with Gasteiger partial charge in [-0.2, -0.15) is 0 Å². The van der Waals surface area contributed by atoms with Gasteiger partial charge >= 0.3 is 5.97 Å². The highest BCUT2D eigenvalue weighted by molar-refractivity contribution is 9.10. The first-order valence-corrected chi connectivity index (χ1v) is 9.22. The van der Waals surface area contributed by atoms with Crippen molar-refractivity contribution in [2.24, 2.45) is 0 Å². The summed E-state index contributed by atoms with van der Waals surface area (Å²) in [5, 5.41) is 0. The fraction of sp³-hybridized carbons (Fsp3) is 0.350. The van der Waals surface area contributed by atoms with Crippen LogP contribution in [0.5, 0.6) is 11.5 Å². The standard InChI is InChI=1S/C20H19BrO4/c1-23-20(22)9-14-11-24-19-10-18-13(8-16(14)19)5-6-17(25-18)12-3-2-4-15(21)7-12/h2-4,7-8,10,14,17H,5-6,9,11H2,1H3. The molecule has 0 saturated heterocycles. The summed E-state index contributed by atoms with van der Waals surface area (Å²) in [7, 11) is 1.42. The molecule has 0 fully saturated rings. The number of ether oxygens (including phenoxy) is 3. The van der Waals surface area contributed by atoms with Crippen LogP contribution >= 0.6 is 15.9 Å². The van der Waals surface area contributed by atoms with Crippen molar-refractivity contribution in [3.8, 4) is 11.5 Å². The predicted octanol–water partition coefficient (Wildman–Crippen LogP) is 4.55. The molecule has 0 spiro atoms. The predicted molar refractivity (Wildman–Crippen MR) is 97.1 cm³/mol. The molecule has 4 rings (SSSR count). The van der Waals surface area contributed by atoms with Gasteiger partial charge in [0.1, 0.15) is 17.6 Å². The van der Waals surface area contributed by atoms with Crippen molar-refractivity contribution in [1.82, 2.24) is 0 Å². The van der Waals surface area contributed by atoms with Crippen LogP contribution in [0.2, 0.25) is 0 Å². The Morgan fingerprint density at radius 1 is 1.28 bits per heavy atom. The Kier molecular flexibility index (Phi) is 4.42. The number of aryl methyl sites for hydroxylation is 1. The largest absolute Gasteiger partial charge is 0.492 e. The second kappa shape index (κ2) is 6.71. The van der Waals surface area contributed by atoms with Crippen LogP contribution in [-0.4, -0.2) is 19.7 Å². The molecule has 2 aliphatic rings. The molecule has 2 aromatic carbocycles. The van der Waals surface area contributed by atoms with Crippen LogP contribution in [0.4, 0.5) is 0 Å². The molecule has 0 saturated carbocycles. The summed E-state index contributed by atoms with van der Waals surface area (Å²) in [6.07, 6.45) is 2.29. The fourth-order valence-corrected chi connectivity index (χ4v) is 3.97. The first-order valence-electron chi connectivity index (χ1n) is 8.42. The number of methoxy groups -OCH3 is 1. The Labute approximate surface area is 155 Å². The van der Waals surface area contributed by atoms with Crippen LogP contribution in [0.1, 0.15) is 41.6 Å². The molecular formula is C20H19BrO4. The Hall–Kier alpha value is -2.01. The summed E-state index contributed by atoms with van der Waals surface area (Å²) in [5.74, 6) is 1.57. The van der Waals surface area contributed by atoms with Crippen LogP contribution < -0.4 is 9.47 Å². The lowest BCUT2D eigenvalue weighted by atomic mass is 9.92. The van der Waals surface area contributed by atoms with Gasteiger partial charge in [-0.3, -0.25) is 4.79 Å². The van der Waals surface area contributed by atoms with Gasteiger partial charge in [-0.05, 0) is 42.2 Å². The Morgan fingerprint density at radius 3 is 2.96 bits per heavy atom. The van der Waals surface area contributed by atoms with E-state index in [9.17, 15) is 4.79 Å². The molecule has 0 bridgehead atoms. The van der Waals surface area contributed by atoms with Crippen LogP contribution in [0.3, 0.4) is 0 Å². The lowest BCUT2D eigenvalue weighted by Crippen LogP contribution is -2.15. The second-order valence-corrected chi connectivity index (χ2v) is 7.40. The molecule has 25 heavy (non-hydrogen) atoms. The minimum Gasteiger partial charge on any atom is -0.492 e. The number of benzene rings is 2. The van der Waals surface area contributed by atoms with E-state index in [4.69, 9.17) is 14.2 Å². The summed E-state index contributed by atoms with van der Waals surface area (Å²) in [6, 6.07) is 12.4. The van der Waals surface area contributed by atoms with Crippen molar-refractivity contribution in [3.05, 3.63) is 57.6 Å². The molecule has 130 valence electrons. The molecule has 2 aliphatic heterocycles. The molecule has 2 aromatic rings. The SMILES string of the molecule is COC(=O)CC1COc2cc3c(cc21)CCC(c1cccc(Br)c1)O3. The number of halogens is 1. The van der Waals surface area contributed by atoms with Gasteiger partial charge in [0.2, 0.25) is 0 Å². The number of hydrogen-bond donors (Lipinski definition) is 0. The zero-order valence-corrected chi connectivity index (χ0v) is 15.5. The number of carbonyl (C=O) groups is 1. The normalized spacial score (nSPS) is 20.9. The third-order valence-corrected chi connectivity index (χ3v) is 5.37. The van der Waals surface area contributed by atoms with E-state index in [1.54, 1.807) is 0 Å². The van der Waals surface area contributed by atoms with Gasteiger partial charge in [-0.1, -0.05) is 28.1 Å². The van der Waals surface area contributed by atoms with E-state index in [1.165, 1.54) is 18.2 Å². The van der Waals surface area contributed by atoms with Gasteiger partial charge in [0.15, 0.2) is 0 Å². The maximum Gasteiger partial charge on any atom is 0.306 e. The molecule has 0 radical (unpaired) electrons. The Balaban J connectivity index is 1.58. The average Bonchev–Trinajstić information content (AvgIpc) is 3.01. The van der Waals surface area contributed by atoms with Crippen molar-refractivity contribution >= 4 is 21.9 Å². The lowest BCUT2D eigenvalue weighted by molar-refractivity contribution is -0.141. The molecule has 0 N–H and O–H groups in total. The van der Waals surface area contributed by atoms with Gasteiger partial charge in [0.05, 0.1) is 20.1 Å². The number of esters is 1. The maximum absolute atomic E-state index is 11.6. The minimum atomic E-state index is -0.204. The average molecular weight is 403 g/mol. The second-order valence-electron chi connectivity index (χ2n) is 6.49. The maximum atomic E-state index is 11.6. The highest BCUT2D eigenvalue weighted by Gasteiger charge is 2.30. The van der Waals surface area contributed by atoms with E-state index in [2.05, 4.69) is 34.1 Å². The highest BCUT2D eigenvalue weighted by Crippen LogP contribution is 2.44. The van der Waals surface area contributed by atoms with Crippen molar-refractivity contribution in [1.29, 1.82) is 0 Å². The minimum absolute atomic E-state index is 0.0512. The van der Waals surface area contributed by atoms with Crippen molar-refractivity contribution in [2.75, 3.05) is 13.7 Å². The van der Waals surface area contributed by atoms with E-state index in [0.717, 1.165) is 34.4 Å². The monoisotopic (exact) mass is 402 g/mol. The van der Waals surface area contributed by atoms with E-state index < -0.39 is 0 Å². The first kappa shape index (κ1) is 16.5. The molecule has 0 aromatic heterocycles. The van der Waals surface area contributed by atoms with Crippen molar-refractivity contribution < 1.29 is 19.0 Å². The van der Waals surface area contributed by atoms with E-state index in [0.29, 0.717) is 13.0 Å². The smallest absolute Gasteiger partial charge is 0.306 e. The molecular weight excluding hydrogens is 384 g/mol. The topological polar surface area (TPSA) is 44.8 Å². The summed E-state index contributed by atoms with van der Waals surface area (Å²) in [6.45, 7) is 0.516. The third-order valence-electron chi connectivity index (χ3n) is 4.88. The zero-order valence-electron chi connectivity index (χ0n) is 14.0. The molecule has 0 aliphatic carbocycles. The van der Waals surface area contributed by atoms with E-state index in [-0.39, 0.29) is 18.0 Å². The van der Waals surface area contributed by atoms with Crippen LogP contribution in [0.15, 0.2) is 40.9 Å². The van der Waals surface area contributed by atoms with Crippen LogP contribution in [-0.2, 0) is 16.0 Å². The van der Waals surface area contributed by atoms with Gasteiger partial charge in [-0.25, -0.2) is 0 Å². The summed E-state index contributed by atoms with van der Waals surface area (Å²) >= 11 is 3.52. The molecule has 2 heterocycles. The van der Waals surface area contributed by atoms with Gasteiger partial charge in [0, 0.05) is 22.0 Å². The fourth-order valence-electron chi connectivity index (χ4n) is 3.55. The number of fused-ring (bicyclic) bond motifs is 2. The molecule has 5 heteroatoms. The van der Waals surface area contributed by atoms with Gasteiger partial charge < -0.3 is 14.2 Å². The number of hydrogen-bond acceptors (Lipinski definition) is 4. The Morgan fingerprint density at radius 2 is 2.16 bits per heavy atom. The van der Waals surface area contributed by atoms with Crippen LogP contribution in [0.25, 0.3) is 0 Å². The van der Waals surface area contributed by atoms with Crippen molar-refractivity contribution in [2.45, 2.75) is 31.3 Å². The molecule has 2 atom stereocenters. The number of rotatable bonds is 3. The first-order chi connectivity index (χ1) is 12.1. The van der Waals surface area contributed by atoms with Gasteiger partial charge in [0.25, 0.3) is 0 Å². The number of carbonyl (C=O) groups excluding carboxylic acids is 1. The van der Waals surface area contributed by atoms with Crippen molar-refractivity contribution in [3.63, 3.8) is 0 Å². The van der Waals surface area contributed by atoms with E-state index >= 15 is 0 Å². The Bertz CT molecular complexity index is 817. The van der Waals surface area contributed by atoms with E-state index in [1.807, 2.05) is 18.2 Å². The zero-order chi connectivity index (χ0) is 17.4. The molecule has 2 unspecified atom stereocenters. The highest BCUT2D eigenvalue weighted by atomic mass is 79.9. The molecule has 4 nitrogen and oxygen atoms in total. The summed E-state index contributed by atoms with van der Waals surface area (Å²) in [4.78, 5) is 11.6. The van der Waals surface area contributed by atoms with Crippen LogP contribution in [0, 0.1) is 0 Å². The third kappa shape index (κ3) is 3.25.